The minimum Gasteiger partial charge on any atom is -0.467 e. The van der Waals surface area contributed by atoms with Gasteiger partial charge in [-0.3, -0.25) is 0 Å². The summed E-state index contributed by atoms with van der Waals surface area (Å²) in [5.74, 6) is 0.228. The van der Waals surface area contributed by atoms with Crippen LogP contribution in [-0.2, 0) is 9.53 Å². The molecule has 0 aliphatic carbocycles. The first kappa shape index (κ1) is 14.0. The highest BCUT2D eigenvalue weighted by Gasteiger charge is 2.33. The molecule has 0 radical (unpaired) electrons. The molecule has 1 rings (SSSR count). The molecular formula is C13H17N3O2. The van der Waals surface area contributed by atoms with Crippen LogP contribution in [0, 0.1) is 11.3 Å². The van der Waals surface area contributed by atoms with Gasteiger partial charge >= 0.3 is 5.97 Å². The smallest absolute Gasteiger partial charge is 0.331 e. The van der Waals surface area contributed by atoms with E-state index in [-0.39, 0.29) is 5.97 Å². The average molecular weight is 247 g/mol. The predicted molar refractivity (Wildman–Crippen MR) is 67.9 cm³/mol. The number of methoxy groups -OCH3 is 1. The third-order valence-electron chi connectivity index (χ3n) is 2.68. The molecule has 0 saturated heterocycles. The predicted octanol–water partition coefficient (Wildman–Crippen LogP) is 2.10. The topological polar surface area (TPSA) is 75.0 Å². The molecule has 1 aromatic heterocycles. The summed E-state index contributed by atoms with van der Waals surface area (Å²) in [6, 6.07) is 5.32. The van der Waals surface area contributed by atoms with Gasteiger partial charge < -0.3 is 10.1 Å². The zero-order chi connectivity index (χ0) is 13.6. The largest absolute Gasteiger partial charge is 0.467 e. The Morgan fingerprint density at radius 1 is 1.61 bits per heavy atom. The number of rotatable bonds is 5. The van der Waals surface area contributed by atoms with Crippen LogP contribution in [-0.4, -0.2) is 23.6 Å². The van der Waals surface area contributed by atoms with E-state index >= 15 is 0 Å². The summed E-state index contributed by atoms with van der Waals surface area (Å²) in [4.78, 5) is 15.9. The summed E-state index contributed by atoms with van der Waals surface area (Å²) in [6.07, 6.45) is 2.95. The average Bonchev–Trinajstić information content (AvgIpc) is 2.39. The van der Waals surface area contributed by atoms with Gasteiger partial charge in [0.05, 0.1) is 12.7 Å². The normalized spacial score (nSPS) is 13.2. The van der Waals surface area contributed by atoms with Crippen molar-refractivity contribution < 1.29 is 9.53 Å². The number of anilines is 1. The number of aromatic nitrogens is 1. The lowest BCUT2D eigenvalue weighted by Gasteiger charge is -2.28. The first-order chi connectivity index (χ1) is 8.55. The van der Waals surface area contributed by atoms with Crippen LogP contribution in [0.5, 0.6) is 0 Å². The molecule has 0 saturated carbocycles. The highest BCUT2D eigenvalue weighted by atomic mass is 16.5. The van der Waals surface area contributed by atoms with E-state index in [1.807, 2.05) is 13.0 Å². The van der Waals surface area contributed by atoms with Gasteiger partial charge in [-0.25, -0.2) is 9.78 Å². The Bertz CT molecular complexity index is 450. The highest BCUT2D eigenvalue weighted by Crippen LogP contribution is 2.20. The van der Waals surface area contributed by atoms with Crippen molar-refractivity contribution in [2.75, 3.05) is 12.4 Å². The van der Waals surface area contributed by atoms with Gasteiger partial charge in [-0.05, 0) is 25.5 Å². The van der Waals surface area contributed by atoms with Crippen molar-refractivity contribution in [3.8, 4) is 6.07 Å². The molecule has 1 aromatic rings. The molecule has 96 valence electrons. The number of nitrogens with zero attached hydrogens (tertiary/aromatic N) is 2. The van der Waals surface area contributed by atoms with Gasteiger partial charge in [0.15, 0.2) is 0 Å². The lowest BCUT2D eigenvalue weighted by Crippen LogP contribution is -2.44. The molecule has 0 amide bonds. The molecule has 0 aliphatic rings. The third-order valence-corrected chi connectivity index (χ3v) is 2.68. The number of nitrogens with one attached hydrogen (secondary N) is 1. The maximum atomic E-state index is 11.8. The van der Waals surface area contributed by atoms with Crippen LogP contribution >= 0.6 is 0 Å². The van der Waals surface area contributed by atoms with Gasteiger partial charge in [0.2, 0.25) is 0 Å². The van der Waals surface area contributed by atoms with E-state index in [0.29, 0.717) is 17.8 Å². The molecule has 0 bridgehead atoms. The first-order valence-corrected chi connectivity index (χ1v) is 5.78. The van der Waals surface area contributed by atoms with Crippen LogP contribution in [0.1, 0.15) is 32.3 Å². The van der Waals surface area contributed by atoms with Gasteiger partial charge in [0.1, 0.15) is 17.4 Å². The summed E-state index contributed by atoms with van der Waals surface area (Å²) in [7, 11) is 1.37. The Hall–Kier alpha value is -2.09. The van der Waals surface area contributed by atoms with Gasteiger partial charge in [-0.15, -0.1) is 0 Å². The Labute approximate surface area is 107 Å². The molecule has 5 nitrogen and oxygen atoms in total. The fourth-order valence-corrected chi connectivity index (χ4v) is 1.76. The fourth-order valence-electron chi connectivity index (χ4n) is 1.76. The molecular weight excluding hydrogens is 230 g/mol. The monoisotopic (exact) mass is 247 g/mol. The minimum atomic E-state index is -0.801. The quantitative estimate of drug-likeness (QED) is 0.806. The number of carbonyl (C=O) groups is 1. The third kappa shape index (κ3) is 3.20. The molecule has 0 aromatic carbocycles. The molecule has 0 spiro atoms. The summed E-state index contributed by atoms with van der Waals surface area (Å²) >= 11 is 0. The van der Waals surface area contributed by atoms with Gasteiger partial charge in [0.25, 0.3) is 0 Å². The second-order valence-electron chi connectivity index (χ2n) is 4.24. The van der Waals surface area contributed by atoms with Crippen LogP contribution in [0.2, 0.25) is 0 Å². The highest BCUT2D eigenvalue weighted by molar-refractivity contribution is 5.83. The van der Waals surface area contributed by atoms with Crippen LogP contribution < -0.4 is 5.32 Å². The van der Waals surface area contributed by atoms with Gasteiger partial charge in [-0.1, -0.05) is 13.3 Å². The number of ether oxygens (including phenoxy) is 1. The van der Waals surface area contributed by atoms with Crippen LogP contribution in [0.15, 0.2) is 18.3 Å². The van der Waals surface area contributed by atoms with Crippen molar-refractivity contribution in [2.24, 2.45) is 0 Å². The SMILES string of the molecule is CCCC(C)(Nc1ccc(C#N)cn1)C(=O)OC. The molecule has 1 unspecified atom stereocenters. The molecule has 5 heteroatoms. The zero-order valence-electron chi connectivity index (χ0n) is 10.9. The van der Waals surface area contributed by atoms with E-state index in [0.717, 1.165) is 6.42 Å². The standard InChI is InChI=1S/C13H17N3O2/c1-4-7-13(2,12(17)18-3)16-11-6-5-10(8-14)9-15-11/h5-6,9H,4,7H2,1-3H3,(H,15,16). The number of carbonyl (C=O) groups excluding carboxylic acids is 1. The molecule has 1 atom stereocenters. The van der Waals surface area contributed by atoms with E-state index in [9.17, 15) is 4.79 Å². The molecule has 0 fully saturated rings. The van der Waals surface area contributed by atoms with E-state index in [1.54, 1.807) is 19.1 Å². The second kappa shape index (κ2) is 6.01. The van der Waals surface area contributed by atoms with Crippen LogP contribution in [0.4, 0.5) is 5.82 Å². The fraction of sp³-hybridized carbons (Fsp3) is 0.462. The maximum Gasteiger partial charge on any atom is 0.331 e. The number of pyridine rings is 1. The second-order valence-corrected chi connectivity index (χ2v) is 4.24. The van der Waals surface area contributed by atoms with E-state index < -0.39 is 5.54 Å². The van der Waals surface area contributed by atoms with Crippen molar-refractivity contribution in [2.45, 2.75) is 32.2 Å². The van der Waals surface area contributed by atoms with E-state index in [4.69, 9.17) is 10.00 Å². The minimum absolute atomic E-state index is 0.324. The lowest BCUT2D eigenvalue weighted by atomic mass is 9.96. The van der Waals surface area contributed by atoms with Crippen molar-refractivity contribution in [3.63, 3.8) is 0 Å². The van der Waals surface area contributed by atoms with Gasteiger partial charge in [0, 0.05) is 6.20 Å². The van der Waals surface area contributed by atoms with Crippen molar-refractivity contribution in [3.05, 3.63) is 23.9 Å². The maximum absolute atomic E-state index is 11.8. The molecule has 0 aliphatic heterocycles. The summed E-state index contributed by atoms with van der Waals surface area (Å²) < 4.78 is 4.80. The van der Waals surface area contributed by atoms with Crippen LogP contribution in [0.3, 0.4) is 0 Å². The molecule has 1 heterocycles. The first-order valence-electron chi connectivity index (χ1n) is 5.78. The van der Waals surface area contributed by atoms with Crippen LogP contribution in [0.25, 0.3) is 0 Å². The number of nitriles is 1. The number of esters is 1. The van der Waals surface area contributed by atoms with Gasteiger partial charge in [-0.2, -0.15) is 5.26 Å². The van der Waals surface area contributed by atoms with Crippen molar-refractivity contribution in [1.82, 2.24) is 4.98 Å². The molecule has 18 heavy (non-hydrogen) atoms. The Morgan fingerprint density at radius 3 is 2.78 bits per heavy atom. The zero-order valence-corrected chi connectivity index (χ0v) is 10.9. The Balaban J connectivity index is 2.89. The van der Waals surface area contributed by atoms with E-state index in [1.165, 1.54) is 13.3 Å². The van der Waals surface area contributed by atoms with Crippen molar-refractivity contribution in [1.29, 1.82) is 5.26 Å². The lowest BCUT2D eigenvalue weighted by molar-refractivity contribution is -0.145. The summed E-state index contributed by atoms with van der Waals surface area (Å²) in [6.45, 7) is 3.78. The number of hydrogen-bond donors (Lipinski definition) is 1. The Morgan fingerprint density at radius 2 is 2.33 bits per heavy atom. The summed E-state index contributed by atoms with van der Waals surface area (Å²) in [5.41, 5.74) is -0.319. The number of hydrogen-bond acceptors (Lipinski definition) is 5. The molecule has 1 N–H and O–H groups in total. The Kier molecular flexibility index (Phi) is 4.67. The summed E-state index contributed by atoms with van der Waals surface area (Å²) in [5, 5.41) is 11.8. The van der Waals surface area contributed by atoms with Crippen molar-refractivity contribution >= 4 is 11.8 Å². The van der Waals surface area contributed by atoms with E-state index in [2.05, 4.69) is 10.3 Å².